The van der Waals surface area contributed by atoms with E-state index in [1.54, 1.807) is 18.8 Å². The number of hydrogen-bond acceptors (Lipinski definition) is 3. The number of hydrogen-bond donors (Lipinski definition) is 1. The Labute approximate surface area is 109 Å². The summed E-state index contributed by atoms with van der Waals surface area (Å²) in [5.74, 6) is -0.0868. The lowest BCUT2D eigenvalue weighted by Gasteiger charge is -2.15. The van der Waals surface area contributed by atoms with Crippen LogP contribution in [0.1, 0.15) is 42.9 Å². The molecule has 5 heteroatoms. The van der Waals surface area contributed by atoms with Gasteiger partial charge >= 0.3 is 0 Å². The highest BCUT2D eigenvalue weighted by atomic mass is 16.5. The summed E-state index contributed by atoms with van der Waals surface area (Å²) in [6.45, 7) is 4.65. The first kappa shape index (κ1) is 14.7. The van der Waals surface area contributed by atoms with Gasteiger partial charge in [0.15, 0.2) is 0 Å². The van der Waals surface area contributed by atoms with Gasteiger partial charge in [-0.15, -0.1) is 0 Å². The van der Waals surface area contributed by atoms with Crippen molar-refractivity contribution < 1.29 is 9.53 Å². The lowest BCUT2D eigenvalue weighted by atomic mass is 10.2. The van der Waals surface area contributed by atoms with Crippen molar-refractivity contribution in [3.63, 3.8) is 0 Å². The predicted octanol–water partition coefficient (Wildman–Crippen LogP) is 1.53. The molecule has 0 saturated heterocycles. The van der Waals surface area contributed by atoms with Crippen LogP contribution < -0.4 is 5.32 Å². The van der Waals surface area contributed by atoms with Gasteiger partial charge in [-0.2, -0.15) is 5.10 Å². The third-order valence-corrected chi connectivity index (χ3v) is 2.87. The second-order valence-corrected chi connectivity index (χ2v) is 4.43. The van der Waals surface area contributed by atoms with E-state index in [0.717, 1.165) is 25.0 Å². The van der Waals surface area contributed by atoms with Crippen molar-refractivity contribution in [3.8, 4) is 0 Å². The normalized spacial score (nSPS) is 12.4. The number of ether oxygens (including phenoxy) is 1. The quantitative estimate of drug-likeness (QED) is 0.801. The second kappa shape index (κ2) is 7.16. The van der Waals surface area contributed by atoms with Crippen molar-refractivity contribution in [1.29, 1.82) is 0 Å². The van der Waals surface area contributed by atoms with Crippen molar-refractivity contribution in [2.75, 3.05) is 13.7 Å². The Morgan fingerprint density at radius 2 is 2.28 bits per heavy atom. The molecule has 0 aromatic carbocycles. The molecular weight excluding hydrogens is 230 g/mol. The molecule has 0 bridgehead atoms. The van der Waals surface area contributed by atoms with Gasteiger partial charge in [0, 0.05) is 14.2 Å². The molecule has 0 radical (unpaired) electrons. The molecule has 1 aromatic rings. The van der Waals surface area contributed by atoms with Crippen molar-refractivity contribution in [2.24, 2.45) is 7.05 Å². The molecule has 0 spiro atoms. The van der Waals surface area contributed by atoms with Crippen LogP contribution in [0.5, 0.6) is 0 Å². The van der Waals surface area contributed by atoms with E-state index >= 15 is 0 Å². The molecule has 1 rings (SSSR count). The fourth-order valence-electron chi connectivity index (χ4n) is 1.84. The van der Waals surface area contributed by atoms with Crippen LogP contribution >= 0.6 is 0 Å². The van der Waals surface area contributed by atoms with Gasteiger partial charge in [-0.3, -0.25) is 9.48 Å². The smallest absolute Gasteiger partial charge is 0.269 e. The van der Waals surface area contributed by atoms with E-state index in [2.05, 4.69) is 17.3 Å². The van der Waals surface area contributed by atoms with E-state index < -0.39 is 0 Å². The maximum atomic E-state index is 12.1. The lowest BCUT2D eigenvalue weighted by Crippen LogP contribution is -2.38. The minimum Gasteiger partial charge on any atom is -0.383 e. The highest BCUT2D eigenvalue weighted by Crippen LogP contribution is 2.06. The third-order valence-electron chi connectivity index (χ3n) is 2.87. The van der Waals surface area contributed by atoms with Crippen molar-refractivity contribution in [1.82, 2.24) is 15.1 Å². The maximum absolute atomic E-state index is 12.1. The van der Waals surface area contributed by atoms with Crippen molar-refractivity contribution in [2.45, 2.75) is 39.2 Å². The Balaban J connectivity index is 2.70. The van der Waals surface area contributed by atoms with E-state index in [-0.39, 0.29) is 11.9 Å². The highest BCUT2D eigenvalue weighted by molar-refractivity contribution is 5.92. The zero-order valence-corrected chi connectivity index (χ0v) is 11.7. The first-order valence-corrected chi connectivity index (χ1v) is 6.45. The van der Waals surface area contributed by atoms with Crippen LogP contribution in [0.25, 0.3) is 0 Å². The van der Waals surface area contributed by atoms with E-state index in [0.29, 0.717) is 12.3 Å². The number of rotatable bonds is 7. The van der Waals surface area contributed by atoms with E-state index in [4.69, 9.17) is 4.74 Å². The predicted molar refractivity (Wildman–Crippen MR) is 70.6 cm³/mol. The van der Waals surface area contributed by atoms with Crippen LogP contribution in [0, 0.1) is 0 Å². The SMILES string of the molecule is CCCc1cc(C(=O)N[C@H](CC)COC)n(C)n1. The second-order valence-electron chi connectivity index (χ2n) is 4.43. The molecule has 1 atom stereocenters. The maximum Gasteiger partial charge on any atom is 0.269 e. The molecule has 0 fully saturated rings. The van der Waals surface area contributed by atoms with Gasteiger partial charge in [0.05, 0.1) is 18.3 Å². The van der Waals surface area contributed by atoms with Gasteiger partial charge in [0.1, 0.15) is 5.69 Å². The zero-order chi connectivity index (χ0) is 13.5. The molecule has 0 saturated carbocycles. The topological polar surface area (TPSA) is 56.1 Å². The van der Waals surface area contributed by atoms with Crippen LogP contribution in [-0.2, 0) is 18.2 Å². The number of carbonyl (C=O) groups excluding carboxylic acids is 1. The molecule has 5 nitrogen and oxygen atoms in total. The molecule has 1 N–H and O–H groups in total. The minimum atomic E-state index is -0.0868. The summed E-state index contributed by atoms with van der Waals surface area (Å²) in [7, 11) is 3.43. The van der Waals surface area contributed by atoms with E-state index in [9.17, 15) is 4.79 Å². The number of carbonyl (C=O) groups is 1. The van der Waals surface area contributed by atoms with Gasteiger partial charge in [0.2, 0.25) is 0 Å². The first-order valence-electron chi connectivity index (χ1n) is 6.45. The Morgan fingerprint density at radius 1 is 1.56 bits per heavy atom. The largest absolute Gasteiger partial charge is 0.383 e. The van der Waals surface area contributed by atoms with Gasteiger partial charge in [0.25, 0.3) is 5.91 Å². The Morgan fingerprint density at radius 3 is 2.83 bits per heavy atom. The molecule has 1 amide bonds. The average molecular weight is 253 g/mol. The molecule has 18 heavy (non-hydrogen) atoms. The Hall–Kier alpha value is -1.36. The average Bonchev–Trinajstić information content (AvgIpc) is 2.70. The highest BCUT2D eigenvalue weighted by Gasteiger charge is 2.16. The number of nitrogens with one attached hydrogen (secondary N) is 1. The Bertz CT molecular complexity index is 388. The minimum absolute atomic E-state index is 0.0482. The summed E-state index contributed by atoms with van der Waals surface area (Å²) in [6, 6.07) is 1.91. The van der Waals surface area contributed by atoms with Crippen LogP contribution in [0.15, 0.2) is 6.07 Å². The number of nitrogens with zero attached hydrogens (tertiary/aromatic N) is 2. The third kappa shape index (κ3) is 3.84. The summed E-state index contributed by atoms with van der Waals surface area (Å²) in [6.07, 6.45) is 2.77. The molecule has 102 valence electrons. The zero-order valence-electron chi connectivity index (χ0n) is 11.7. The fraction of sp³-hybridized carbons (Fsp3) is 0.692. The summed E-state index contributed by atoms with van der Waals surface area (Å²) < 4.78 is 6.71. The van der Waals surface area contributed by atoms with Crippen molar-refractivity contribution >= 4 is 5.91 Å². The summed E-state index contributed by atoms with van der Waals surface area (Å²) in [5, 5.41) is 7.28. The molecular formula is C13H23N3O2. The van der Waals surface area contributed by atoms with Gasteiger partial charge in [-0.1, -0.05) is 20.3 Å². The number of amides is 1. The molecule has 0 unspecified atom stereocenters. The molecule has 0 aliphatic heterocycles. The Kier molecular flexibility index (Phi) is 5.85. The number of aromatic nitrogens is 2. The molecule has 0 aliphatic carbocycles. The molecule has 1 heterocycles. The lowest BCUT2D eigenvalue weighted by molar-refractivity contribution is 0.0885. The van der Waals surface area contributed by atoms with Crippen LogP contribution in [-0.4, -0.2) is 35.4 Å². The standard InChI is InChI=1S/C13H23N3O2/c1-5-7-11-8-12(16(3)15-11)13(17)14-10(6-2)9-18-4/h8,10H,5-7,9H2,1-4H3,(H,14,17)/t10-/m1/s1. The van der Waals surface area contributed by atoms with Crippen molar-refractivity contribution in [3.05, 3.63) is 17.5 Å². The molecule has 0 aliphatic rings. The van der Waals surface area contributed by atoms with Gasteiger partial charge in [-0.25, -0.2) is 0 Å². The van der Waals surface area contributed by atoms with Gasteiger partial charge in [-0.05, 0) is 18.9 Å². The number of aryl methyl sites for hydroxylation is 2. The van der Waals surface area contributed by atoms with Crippen LogP contribution in [0.4, 0.5) is 0 Å². The summed E-state index contributed by atoms with van der Waals surface area (Å²) >= 11 is 0. The van der Waals surface area contributed by atoms with E-state index in [1.165, 1.54) is 0 Å². The monoisotopic (exact) mass is 253 g/mol. The summed E-state index contributed by atoms with van der Waals surface area (Å²) in [5.41, 5.74) is 1.57. The van der Waals surface area contributed by atoms with Gasteiger partial charge < -0.3 is 10.1 Å². The van der Waals surface area contributed by atoms with Crippen LogP contribution in [0.2, 0.25) is 0 Å². The molecule has 1 aromatic heterocycles. The number of methoxy groups -OCH3 is 1. The van der Waals surface area contributed by atoms with E-state index in [1.807, 2.05) is 13.0 Å². The first-order chi connectivity index (χ1) is 8.62. The fourth-order valence-corrected chi connectivity index (χ4v) is 1.84. The van der Waals surface area contributed by atoms with Crippen LogP contribution in [0.3, 0.4) is 0 Å². The summed E-state index contributed by atoms with van der Waals surface area (Å²) in [4.78, 5) is 12.1.